The number of aromatic nitrogens is 1. The molecule has 0 saturated heterocycles. The molecule has 0 radical (unpaired) electrons. The molecular weight excluding hydrogens is 272 g/mol. The summed E-state index contributed by atoms with van der Waals surface area (Å²) in [6.45, 7) is -1.31. The molecule has 2 aromatic rings. The van der Waals surface area contributed by atoms with Gasteiger partial charge in [0.2, 0.25) is 0 Å². The smallest absolute Gasteiger partial charge is 0.387 e. The SMILES string of the molecule is COC(=O)c1c(-c2ccc(OC(F)F)cc2)noc1C. The first kappa shape index (κ1) is 14.0. The van der Waals surface area contributed by atoms with Gasteiger partial charge in [-0.1, -0.05) is 5.16 Å². The number of hydrogen-bond donors (Lipinski definition) is 0. The third-order valence-electron chi connectivity index (χ3n) is 2.61. The zero-order valence-corrected chi connectivity index (χ0v) is 10.7. The monoisotopic (exact) mass is 283 g/mol. The number of methoxy groups -OCH3 is 1. The second-order valence-corrected chi connectivity index (χ2v) is 3.86. The lowest BCUT2D eigenvalue weighted by Crippen LogP contribution is -2.04. The summed E-state index contributed by atoms with van der Waals surface area (Å²) < 4.78 is 38.0. The van der Waals surface area contributed by atoms with Gasteiger partial charge in [0, 0.05) is 5.56 Å². The van der Waals surface area contributed by atoms with Crippen molar-refractivity contribution in [3.05, 3.63) is 35.6 Å². The summed E-state index contributed by atoms with van der Waals surface area (Å²) in [5.74, 6) is -0.241. The Kier molecular flexibility index (Phi) is 3.97. The quantitative estimate of drug-likeness (QED) is 0.807. The van der Waals surface area contributed by atoms with Crippen molar-refractivity contribution < 1.29 is 27.6 Å². The fourth-order valence-corrected chi connectivity index (χ4v) is 1.71. The fraction of sp³-hybridized carbons (Fsp3) is 0.231. The lowest BCUT2D eigenvalue weighted by Gasteiger charge is -2.05. The third kappa shape index (κ3) is 2.76. The molecule has 0 aliphatic rings. The molecule has 0 saturated carbocycles. The first-order valence-electron chi connectivity index (χ1n) is 5.62. The molecule has 0 fully saturated rings. The first-order chi connectivity index (χ1) is 9.52. The van der Waals surface area contributed by atoms with Gasteiger partial charge in [-0.25, -0.2) is 4.79 Å². The van der Waals surface area contributed by atoms with E-state index in [-0.39, 0.29) is 17.0 Å². The van der Waals surface area contributed by atoms with E-state index >= 15 is 0 Å². The van der Waals surface area contributed by atoms with Gasteiger partial charge in [-0.15, -0.1) is 0 Å². The van der Waals surface area contributed by atoms with E-state index in [1.165, 1.54) is 31.4 Å². The predicted molar refractivity (Wildman–Crippen MR) is 64.6 cm³/mol. The average Bonchev–Trinajstić information content (AvgIpc) is 2.80. The largest absolute Gasteiger partial charge is 0.465 e. The van der Waals surface area contributed by atoms with Crippen LogP contribution in [0.15, 0.2) is 28.8 Å². The second-order valence-electron chi connectivity index (χ2n) is 3.86. The van der Waals surface area contributed by atoms with Gasteiger partial charge < -0.3 is 14.0 Å². The van der Waals surface area contributed by atoms with Gasteiger partial charge in [-0.2, -0.15) is 8.78 Å². The zero-order valence-electron chi connectivity index (χ0n) is 10.7. The second kappa shape index (κ2) is 5.68. The van der Waals surface area contributed by atoms with Crippen molar-refractivity contribution in [2.24, 2.45) is 0 Å². The highest BCUT2D eigenvalue weighted by Gasteiger charge is 2.22. The molecular formula is C13H11F2NO4. The zero-order chi connectivity index (χ0) is 14.7. The van der Waals surface area contributed by atoms with Crippen molar-refractivity contribution in [1.82, 2.24) is 5.16 Å². The molecule has 0 bridgehead atoms. The number of rotatable bonds is 4. The maximum Gasteiger partial charge on any atom is 0.387 e. The number of esters is 1. The van der Waals surface area contributed by atoms with E-state index in [0.29, 0.717) is 11.3 Å². The number of hydrogen-bond acceptors (Lipinski definition) is 5. The molecule has 0 atom stereocenters. The van der Waals surface area contributed by atoms with Gasteiger partial charge in [-0.3, -0.25) is 0 Å². The molecule has 5 nitrogen and oxygen atoms in total. The minimum absolute atomic E-state index is 0.0172. The van der Waals surface area contributed by atoms with Crippen LogP contribution in [0.5, 0.6) is 5.75 Å². The molecule has 1 heterocycles. The number of aryl methyl sites for hydroxylation is 1. The Labute approximate surface area is 113 Å². The van der Waals surface area contributed by atoms with E-state index in [1.807, 2.05) is 0 Å². The number of alkyl halides is 2. The van der Waals surface area contributed by atoms with E-state index in [1.54, 1.807) is 6.92 Å². The lowest BCUT2D eigenvalue weighted by atomic mass is 10.1. The molecule has 0 aliphatic heterocycles. The molecule has 0 spiro atoms. The Morgan fingerprint density at radius 1 is 1.30 bits per heavy atom. The topological polar surface area (TPSA) is 61.6 Å². The van der Waals surface area contributed by atoms with E-state index in [0.717, 1.165) is 0 Å². The highest BCUT2D eigenvalue weighted by molar-refractivity contribution is 5.96. The average molecular weight is 283 g/mol. The van der Waals surface area contributed by atoms with Gasteiger partial charge in [0.1, 0.15) is 22.8 Å². The van der Waals surface area contributed by atoms with E-state index in [4.69, 9.17) is 4.52 Å². The van der Waals surface area contributed by atoms with Gasteiger partial charge in [0.15, 0.2) is 0 Å². The highest BCUT2D eigenvalue weighted by atomic mass is 19.3. The van der Waals surface area contributed by atoms with Crippen LogP contribution in [-0.4, -0.2) is 24.8 Å². The van der Waals surface area contributed by atoms with Gasteiger partial charge in [0.05, 0.1) is 7.11 Å². The normalized spacial score (nSPS) is 10.7. The molecule has 0 aliphatic carbocycles. The summed E-state index contributed by atoms with van der Waals surface area (Å²) in [4.78, 5) is 11.7. The minimum Gasteiger partial charge on any atom is -0.465 e. The molecule has 106 valence electrons. The fourth-order valence-electron chi connectivity index (χ4n) is 1.71. The third-order valence-corrected chi connectivity index (χ3v) is 2.61. The molecule has 0 unspecified atom stereocenters. The number of ether oxygens (including phenoxy) is 2. The number of benzene rings is 1. The summed E-state index contributed by atoms with van der Waals surface area (Å²) >= 11 is 0. The van der Waals surface area contributed by atoms with E-state index in [9.17, 15) is 13.6 Å². The Morgan fingerprint density at radius 3 is 2.50 bits per heavy atom. The Hall–Kier alpha value is -2.44. The summed E-state index contributed by atoms with van der Waals surface area (Å²) in [6, 6.07) is 5.71. The van der Waals surface area contributed by atoms with Crippen LogP contribution in [-0.2, 0) is 4.74 Å². The Morgan fingerprint density at radius 2 is 1.95 bits per heavy atom. The lowest BCUT2D eigenvalue weighted by molar-refractivity contribution is -0.0498. The number of nitrogens with zero attached hydrogens (tertiary/aromatic N) is 1. The maximum atomic E-state index is 12.1. The van der Waals surface area contributed by atoms with Crippen LogP contribution in [0.25, 0.3) is 11.3 Å². The van der Waals surface area contributed by atoms with Crippen molar-refractivity contribution in [3.63, 3.8) is 0 Å². The highest BCUT2D eigenvalue weighted by Crippen LogP contribution is 2.27. The summed E-state index contributed by atoms with van der Waals surface area (Å²) in [5.41, 5.74) is 1.02. The van der Waals surface area contributed by atoms with E-state index < -0.39 is 12.6 Å². The number of carbonyl (C=O) groups is 1. The predicted octanol–water partition coefficient (Wildman–Crippen LogP) is 3.04. The van der Waals surface area contributed by atoms with Crippen molar-refractivity contribution in [3.8, 4) is 17.0 Å². The summed E-state index contributed by atoms with van der Waals surface area (Å²) in [5, 5.41) is 3.78. The number of halogens is 2. The van der Waals surface area contributed by atoms with Crippen LogP contribution in [0.4, 0.5) is 8.78 Å². The van der Waals surface area contributed by atoms with Gasteiger partial charge in [-0.05, 0) is 31.2 Å². The van der Waals surface area contributed by atoms with Crippen molar-refractivity contribution >= 4 is 5.97 Å². The van der Waals surface area contributed by atoms with Crippen LogP contribution in [0.1, 0.15) is 16.1 Å². The van der Waals surface area contributed by atoms with Crippen LogP contribution < -0.4 is 4.74 Å². The van der Waals surface area contributed by atoms with E-state index in [2.05, 4.69) is 14.6 Å². The number of carbonyl (C=O) groups excluding carboxylic acids is 1. The van der Waals surface area contributed by atoms with Crippen molar-refractivity contribution in [2.45, 2.75) is 13.5 Å². The van der Waals surface area contributed by atoms with Gasteiger partial charge in [0.25, 0.3) is 0 Å². The van der Waals surface area contributed by atoms with Crippen molar-refractivity contribution in [2.75, 3.05) is 7.11 Å². The van der Waals surface area contributed by atoms with Crippen LogP contribution in [0, 0.1) is 6.92 Å². The Balaban J connectivity index is 2.35. The van der Waals surface area contributed by atoms with Crippen molar-refractivity contribution in [1.29, 1.82) is 0 Å². The summed E-state index contributed by atoms with van der Waals surface area (Å²) in [7, 11) is 1.25. The molecule has 1 aromatic heterocycles. The summed E-state index contributed by atoms with van der Waals surface area (Å²) in [6.07, 6.45) is 0. The minimum atomic E-state index is -2.89. The van der Waals surface area contributed by atoms with Crippen LogP contribution in [0.3, 0.4) is 0 Å². The molecule has 0 amide bonds. The van der Waals surface area contributed by atoms with Crippen LogP contribution in [0.2, 0.25) is 0 Å². The Bertz CT molecular complexity index is 607. The maximum absolute atomic E-state index is 12.1. The van der Waals surface area contributed by atoms with Gasteiger partial charge >= 0.3 is 12.6 Å². The van der Waals surface area contributed by atoms with Crippen LogP contribution >= 0.6 is 0 Å². The molecule has 20 heavy (non-hydrogen) atoms. The molecule has 2 rings (SSSR count). The standard InChI is InChI=1S/C13H11F2NO4/c1-7-10(12(17)18-2)11(16-20-7)8-3-5-9(6-4-8)19-13(14)15/h3-6,13H,1-2H3. The molecule has 1 aromatic carbocycles. The molecule has 7 heteroatoms. The molecule has 0 N–H and O–H groups in total. The first-order valence-corrected chi connectivity index (χ1v) is 5.62.